The summed E-state index contributed by atoms with van der Waals surface area (Å²) < 4.78 is 0. The van der Waals surface area contributed by atoms with Crippen LogP contribution in [0.4, 0.5) is 0 Å². The van der Waals surface area contributed by atoms with E-state index in [1.54, 1.807) is 55.5 Å². The minimum absolute atomic E-state index is 0.124. The lowest BCUT2D eigenvalue weighted by molar-refractivity contribution is -0.128. The molecular weight excluding hydrogens is 552 g/mol. The summed E-state index contributed by atoms with van der Waals surface area (Å²) in [6.45, 7) is 9.62. The van der Waals surface area contributed by atoms with Crippen molar-refractivity contribution >= 4 is 29.1 Å². The van der Waals surface area contributed by atoms with Gasteiger partial charge in [-0.2, -0.15) is 0 Å². The van der Waals surface area contributed by atoms with Crippen LogP contribution in [0.2, 0.25) is 0 Å². The number of carboxylic acid groups (broad SMARTS) is 2. The van der Waals surface area contributed by atoms with Gasteiger partial charge in [-0.1, -0.05) is 83.0 Å². The highest BCUT2D eigenvalue weighted by Gasteiger charge is 2.68. The van der Waals surface area contributed by atoms with Crippen LogP contribution in [-0.2, 0) is 23.1 Å². The Kier molecular flexibility index (Phi) is 9.72. The van der Waals surface area contributed by atoms with Crippen molar-refractivity contribution in [2.45, 2.75) is 85.0 Å². The average Bonchev–Trinajstić information content (AvgIpc) is 3.01. The topological polar surface area (TPSA) is 109 Å². The molecule has 3 aromatic rings. The highest BCUT2D eigenvalue weighted by Crippen LogP contribution is 2.70. The van der Waals surface area contributed by atoms with Crippen molar-refractivity contribution in [2.75, 3.05) is 0 Å². The molecule has 44 heavy (non-hydrogen) atoms. The molecule has 6 heteroatoms. The minimum atomic E-state index is -1.17. The zero-order valence-corrected chi connectivity index (χ0v) is 26.3. The maximum Gasteiger partial charge on any atom is 0.335 e. The van der Waals surface area contributed by atoms with E-state index in [0.29, 0.717) is 36.8 Å². The zero-order chi connectivity index (χ0) is 32.2. The molecule has 0 unspecified atom stereocenters. The van der Waals surface area contributed by atoms with Crippen LogP contribution in [0.1, 0.15) is 120 Å². The van der Waals surface area contributed by atoms with Gasteiger partial charge in [0.05, 0.1) is 16.5 Å². The number of aryl methyl sites for hydroxylation is 2. The fourth-order valence-corrected chi connectivity index (χ4v) is 7.59. The Labute approximate surface area is 259 Å². The second-order valence-corrected chi connectivity index (χ2v) is 11.7. The van der Waals surface area contributed by atoms with Crippen LogP contribution in [0.15, 0.2) is 72.3 Å². The molecule has 1 aliphatic carbocycles. The van der Waals surface area contributed by atoms with Gasteiger partial charge >= 0.3 is 11.9 Å². The molecule has 230 valence electrons. The minimum Gasteiger partial charge on any atom is -0.478 e. The van der Waals surface area contributed by atoms with Gasteiger partial charge in [-0.15, -0.1) is 0 Å². The second-order valence-electron chi connectivity index (χ2n) is 11.7. The number of benzene rings is 3. The lowest BCUT2D eigenvalue weighted by Crippen LogP contribution is -2.61. The van der Waals surface area contributed by atoms with Crippen molar-refractivity contribution in [1.29, 1.82) is 0 Å². The number of carbonyl (C=O) groups is 4. The summed E-state index contributed by atoms with van der Waals surface area (Å²) in [5, 5.41) is 19.7. The van der Waals surface area contributed by atoms with Crippen LogP contribution in [0.25, 0.3) is 5.57 Å². The third-order valence-corrected chi connectivity index (χ3v) is 9.50. The molecule has 0 heterocycles. The van der Waals surface area contributed by atoms with Crippen molar-refractivity contribution in [3.63, 3.8) is 0 Å². The molecule has 0 radical (unpaired) electrons. The van der Waals surface area contributed by atoms with Gasteiger partial charge in [0.2, 0.25) is 0 Å². The van der Waals surface area contributed by atoms with Gasteiger partial charge in [-0.05, 0) is 91.1 Å². The largest absolute Gasteiger partial charge is 0.478 e. The summed E-state index contributed by atoms with van der Waals surface area (Å²) >= 11 is 0. The predicted molar refractivity (Wildman–Crippen MR) is 172 cm³/mol. The monoisotopic (exact) mass is 594 g/mol. The number of rotatable bonds is 14. The Morgan fingerprint density at radius 2 is 1.27 bits per heavy atom. The van der Waals surface area contributed by atoms with Gasteiger partial charge in [-0.25, -0.2) is 9.59 Å². The lowest BCUT2D eigenvalue weighted by atomic mass is 9.39. The van der Waals surface area contributed by atoms with Gasteiger partial charge in [0.1, 0.15) is 5.78 Å². The van der Waals surface area contributed by atoms with Gasteiger partial charge in [0.15, 0.2) is 5.78 Å². The molecule has 0 amide bonds. The van der Waals surface area contributed by atoms with E-state index in [9.17, 15) is 29.4 Å². The summed E-state index contributed by atoms with van der Waals surface area (Å²) in [5.74, 6) is -2.39. The third-order valence-electron chi connectivity index (χ3n) is 9.50. The molecule has 0 fully saturated rings. The molecule has 0 spiro atoms. The van der Waals surface area contributed by atoms with E-state index < -0.39 is 22.8 Å². The van der Waals surface area contributed by atoms with Crippen LogP contribution in [0.3, 0.4) is 0 Å². The van der Waals surface area contributed by atoms with E-state index in [2.05, 4.69) is 6.92 Å². The van der Waals surface area contributed by atoms with E-state index in [1.165, 1.54) is 0 Å². The van der Waals surface area contributed by atoms with Crippen LogP contribution >= 0.6 is 0 Å². The fourth-order valence-electron chi connectivity index (χ4n) is 7.59. The smallest absolute Gasteiger partial charge is 0.335 e. The Balaban J connectivity index is 2.25. The first-order chi connectivity index (χ1) is 21.0. The van der Waals surface area contributed by atoms with Crippen LogP contribution < -0.4 is 0 Å². The van der Waals surface area contributed by atoms with Crippen molar-refractivity contribution in [3.05, 3.63) is 111 Å². The quantitative estimate of drug-likeness (QED) is 0.182. The average molecular weight is 595 g/mol. The first kappa shape index (κ1) is 32.6. The van der Waals surface area contributed by atoms with Crippen LogP contribution in [0, 0.1) is 5.41 Å². The van der Waals surface area contributed by atoms with E-state index in [-0.39, 0.29) is 22.7 Å². The van der Waals surface area contributed by atoms with Crippen LogP contribution in [-0.4, -0.2) is 33.7 Å². The molecule has 1 aliphatic rings. The number of Topliss-reactive ketones (excluding diaryl/α,β-unsaturated/α-hetero) is 2. The molecule has 0 saturated heterocycles. The van der Waals surface area contributed by atoms with E-state index in [4.69, 9.17) is 0 Å². The molecule has 0 aliphatic heterocycles. The third kappa shape index (κ3) is 5.10. The first-order valence-corrected chi connectivity index (χ1v) is 15.6. The Morgan fingerprint density at radius 1 is 0.682 bits per heavy atom. The van der Waals surface area contributed by atoms with Gasteiger partial charge in [0, 0.05) is 16.6 Å². The maximum atomic E-state index is 14.7. The molecular formula is C38H42O6. The number of ketones is 2. The molecule has 3 aromatic carbocycles. The van der Waals surface area contributed by atoms with Crippen molar-refractivity contribution in [3.8, 4) is 0 Å². The predicted octanol–water partition coefficient (Wildman–Crippen LogP) is 8.36. The van der Waals surface area contributed by atoms with Gasteiger partial charge in [-0.3, -0.25) is 9.59 Å². The summed E-state index contributed by atoms with van der Waals surface area (Å²) in [5.41, 5.74) is 3.27. The number of hydrogen-bond donors (Lipinski definition) is 2. The van der Waals surface area contributed by atoms with E-state index >= 15 is 0 Å². The summed E-state index contributed by atoms with van der Waals surface area (Å²) in [7, 11) is 0. The number of carbonyl (C=O) groups excluding carboxylic acids is 2. The van der Waals surface area contributed by atoms with Crippen molar-refractivity contribution in [2.24, 2.45) is 5.41 Å². The maximum absolute atomic E-state index is 14.7. The molecule has 2 atom stereocenters. The zero-order valence-electron chi connectivity index (χ0n) is 26.3. The van der Waals surface area contributed by atoms with Gasteiger partial charge < -0.3 is 10.2 Å². The van der Waals surface area contributed by atoms with Crippen LogP contribution in [0.5, 0.6) is 0 Å². The number of hydrogen-bond acceptors (Lipinski definition) is 4. The normalized spacial score (nSPS) is 19.4. The SMILES string of the molecule is CCCCc1cc(C(=O)O)cc(CCC)c1C1=C(C(=O)c2ccccc2)[C@](CC)(C(C)=O)[C@@]1(CC)c1ccc(C(=O)O)cc1. The summed E-state index contributed by atoms with van der Waals surface area (Å²) in [6.07, 6.45) is 4.56. The molecule has 0 aromatic heterocycles. The standard InChI is InChI=1S/C38H42O6/c1-6-10-15-28-23-29(36(43)44)22-27(14-7-2)31(28)32-33(34(40)25-16-12-11-13-17-25)37(8-3,24(5)39)38(32,9-4)30-20-18-26(19-21-30)35(41)42/h11-13,16-23H,6-10,14-15H2,1-5H3,(H,41,42)(H,43,44)/t37-,38-/m0/s1. The Bertz CT molecular complexity index is 1610. The van der Waals surface area contributed by atoms with Gasteiger partial charge in [0.25, 0.3) is 0 Å². The van der Waals surface area contributed by atoms with E-state index in [1.807, 2.05) is 39.0 Å². The highest BCUT2D eigenvalue weighted by molar-refractivity contribution is 6.24. The Hall–Kier alpha value is -4.32. The second kappa shape index (κ2) is 13.1. The summed E-state index contributed by atoms with van der Waals surface area (Å²) in [6, 6.07) is 19.1. The number of carboxylic acids is 2. The molecule has 6 nitrogen and oxygen atoms in total. The highest BCUT2D eigenvalue weighted by atomic mass is 16.4. The van der Waals surface area contributed by atoms with E-state index in [0.717, 1.165) is 47.1 Å². The lowest BCUT2D eigenvalue weighted by Gasteiger charge is -2.61. The first-order valence-electron chi connectivity index (χ1n) is 15.6. The molecule has 0 bridgehead atoms. The number of allylic oxidation sites excluding steroid dienone is 2. The number of aromatic carboxylic acids is 2. The Morgan fingerprint density at radius 3 is 1.75 bits per heavy atom. The molecule has 4 rings (SSSR count). The fraction of sp³-hybridized carbons (Fsp3) is 0.368. The molecule has 0 saturated carbocycles. The van der Waals surface area contributed by atoms with Crippen molar-refractivity contribution < 1.29 is 29.4 Å². The number of unbranched alkanes of at least 4 members (excludes halogenated alkanes) is 1. The van der Waals surface area contributed by atoms with Crippen molar-refractivity contribution in [1.82, 2.24) is 0 Å². The molecule has 2 N–H and O–H groups in total. The summed E-state index contributed by atoms with van der Waals surface area (Å²) in [4.78, 5) is 52.8.